The predicted molar refractivity (Wildman–Crippen MR) is 204 cm³/mol. The summed E-state index contributed by atoms with van der Waals surface area (Å²) in [5.41, 5.74) is -0.111. The summed E-state index contributed by atoms with van der Waals surface area (Å²) in [4.78, 5) is 23.4. The number of rotatable bonds is 14. The molecule has 312 valence electrons. The number of halogens is 4. The lowest BCUT2D eigenvalue weighted by Gasteiger charge is -2.40. The lowest BCUT2D eigenvalue weighted by atomic mass is 10.0. The molecule has 1 aliphatic carbocycles. The Kier molecular flexibility index (Phi) is 11.8. The van der Waals surface area contributed by atoms with Gasteiger partial charge in [0, 0.05) is 39.2 Å². The summed E-state index contributed by atoms with van der Waals surface area (Å²) >= 11 is 0. The van der Waals surface area contributed by atoms with Crippen LogP contribution in [0.15, 0.2) is 48.5 Å². The van der Waals surface area contributed by atoms with Crippen LogP contribution in [0, 0.1) is 18.2 Å². The highest BCUT2D eigenvalue weighted by molar-refractivity contribution is 5.93. The first-order valence-electron chi connectivity index (χ1n) is 19.1. The molecule has 3 aliphatic rings. The van der Waals surface area contributed by atoms with Gasteiger partial charge in [-0.15, -0.1) is 0 Å². The van der Waals surface area contributed by atoms with Crippen molar-refractivity contribution in [2.45, 2.75) is 89.1 Å². The number of aromatic nitrogens is 2. The summed E-state index contributed by atoms with van der Waals surface area (Å²) in [7, 11) is 1.49. The maximum absolute atomic E-state index is 15.0. The Morgan fingerprint density at radius 1 is 1.05 bits per heavy atom. The third-order valence-electron chi connectivity index (χ3n) is 11.2. The van der Waals surface area contributed by atoms with Gasteiger partial charge in [-0.05, 0) is 70.7 Å². The van der Waals surface area contributed by atoms with Crippen molar-refractivity contribution in [3.05, 3.63) is 82.4 Å². The summed E-state index contributed by atoms with van der Waals surface area (Å²) < 4.78 is 67.2. The number of aliphatic hydroxyl groups excluding tert-OH is 4. The van der Waals surface area contributed by atoms with Crippen LogP contribution in [0.3, 0.4) is 0 Å². The van der Waals surface area contributed by atoms with Crippen LogP contribution in [-0.2, 0) is 11.0 Å². The number of methoxy groups -OCH3 is 1. The summed E-state index contributed by atoms with van der Waals surface area (Å²) in [6.45, 7) is 4.02. The number of aliphatic hydroxyl groups is 4. The molecule has 58 heavy (non-hydrogen) atoms. The maximum Gasteiger partial charge on any atom is 0.419 e. The first-order valence-corrected chi connectivity index (χ1v) is 19.1. The molecule has 1 aromatic heterocycles. The van der Waals surface area contributed by atoms with E-state index in [0.29, 0.717) is 83.5 Å². The molecule has 8 N–H and O–H groups in total. The number of hydrogen-bond acceptors (Lipinski definition) is 13. The summed E-state index contributed by atoms with van der Waals surface area (Å²) in [6.07, 6.45) is -6.33. The molecule has 2 aliphatic heterocycles. The second-order valence-electron chi connectivity index (χ2n) is 15.3. The van der Waals surface area contributed by atoms with Crippen molar-refractivity contribution in [3.63, 3.8) is 0 Å². The average Bonchev–Trinajstić information content (AvgIpc) is 3.90. The third-order valence-corrected chi connectivity index (χ3v) is 11.2. The van der Waals surface area contributed by atoms with Crippen molar-refractivity contribution in [3.8, 4) is 11.5 Å². The van der Waals surface area contributed by atoms with Crippen molar-refractivity contribution in [1.29, 1.82) is 0 Å². The first-order chi connectivity index (χ1) is 27.6. The molecule has 18 heteroatoms. The normalized spacial score (nSPS) is 23.3. The van der Waals surface area contributed by atoms with Gasteiger partial charge in [-0.1, -0.05) is 24.3 Å². The zero-order valence-corrected chi connectivity index (χ0v) is 32.1. The Bertz CT molecular complexity index is 2160. The first kappa shape index (κ1) is 41.5. The molecule has 0 bridgehead atoms. The lowest BCUT2D eigenvalue weighted by Crippen LogP contribution is -2.57. The number of amides is 1. The molecule has 1 saturated heterocycles. The lowest BCUT2D eigenvalue weighted by molar-refractivity contribution is -0.158. The van der Waals surface area contributed by atoms with E-state index in [1.165, 1.54) is 18.1 Å². The van der Waals surface area contributed by atoms with E-state index in [1.807, 2.05) is 0 Å². The summed E-state index contributed by atoms with van der Waals surface area (Å²) in [6, 6.07) is 9.92. The van der Waals surface area contributed by atoms with Gasteiger partial charge in [-0.3, -0.25) is 10.1 Å². The molecule has 14 nitrogen and oxygen atoms in total. The van der Waals surface area contributed by atoms with Gasteiger partial charge in [0.05, 0.1) is 43.4 Å². The highest BCUT2D eigenvalue weighted by Crippen LogP contribution is 2.50. The Morgan fingerprint density at radius 2 is 1.81 bits per heavy atom. The molecule has 2 fully saturated rings. The van der Waals surface area contributed by atoms with Gasteiger partial charge in [0.25, 0.3) is 0 Å². The fraction of sp³-hybridized carbons (Fsp3) is 0.475. The Hall–Kier alpha value is -4.69. The highest BCUT2D eigenvalue weighted by Gasteiger charge is 2.46. The fourth-order valence-electron chi connectivity index (χ4n) is 7.85. The number of aryl methyl sites for hydroxylation is 1. The predicted octanol–water partition coefficient (Wildman–Crippen LogP) is 4.74. The van der Waals surface area contributed by atoms with Gasteiger partial charge in [0.15, 0.2) is 11.5 Å². The van der Waals surface area contributed by atoms with E-state index >= 15 is 4.39 Å². The number of carbonyl (C=O) groups is 1. The number of piperidine rings is 1. The van der Waals surface area contributed by atoms with Crippen LogP contribution < -0.4 is 30.7 Å². The van der Waals surface area contributed by atoms with E-state index in [4.69, 9.17) is 9.47 Å². The zero-order chi connectivity index (χ0) is 41.5. The van der Waals surface area contributed by atoms with Gasteiger partial charge >= 0.3 is 6.18 Å². The van der Waals surface area contributed by atoms with E-state index in [-0.39, 0.29) is 29.2 Å². The van der Waals surface area contributed by atoms with E-state index < -0.39 is 54.6 Å². The van der Waals surface area contributed by atoms with Gasteiger partial charge in [-0.25, -0.2) is 19.3 Å². The number of anilines is 2. The number of hydrogen-bond donors (Lipinski definition) is 8. The van der Waals surface area contributed by atoms with Gasteiger partial charge in [0.1, 0.15) is 42.4 Å². The average molecular weight is 814 g/mol. The monoisotopic (exact) mass is 813 g/mol. The second kappa shape index (κ2) is 16.5. The molecular weight excluding hydrogens is 766 g/mol. The van der Waals surface area contributed by atoms with Crippen LogP contribution in [-0.4, -0.2) is 86.5 Å². The third kappa shape index (κ3) is 8.54. The summed E-state index contributed by atoms with van der Waals surface area (Å²) in [5, 5.41) is 54.8. The number of carbonyl (C=O) groups excluding carboxylic acids is 1. The number of ether oxygens (including phenoxy) is 2. The molecule has 0 radical (unpaired) electrons. The Balaban J connectivity index is 0.958. The zero-order valence-electron chi connectivity index (χ0n) is 32.1. The molecule has 1 saturated carbocycles. The van der Waals surface area contributed by atoms with E-state index in [9.17, 15) is 38.4 Å². The number of fused-ring (bicyclic) bond motifs is 2. The van der Waals surface area contributed by atoms with Crippen molar-refractivity contribution in [1.82, 2.24) is 25.5 Å². The smallest absolute Gasteiger partial charge is 0.419 e. The maximum atomic E-state index is 15.0. The van der Waals surface area contributed by atoms with Crippen LogP contribution in [0.5, 0.6) is 11.5 Å². The number of nitrogens with one attached hydrogen (secondary N) is 4. The van der Waals surface area contributed by atoms with Crippen LogP contribution in [0.1, 0.15) is 85.6 Å². The standard InChI is InChI=1S/C40H47F4N7O7/c1-20(22-6-4-8-25(34(22)41)40(42,43)44)46-35-24-16-30(29(57-3)17-27(24)47-21(2)48-35)58-19-39(12-13-39)14-15-45-18-32(53)49-26-9-5-7-23-33(26)38(56)51(37(23)55)28-10-11-31(52)50-36(28)54/h4-9,16-17,20,28,31,36-38,45,50,52,54-56H,10-15,18-19H2,1-3H3,(H,49,53)(H,46,47,48)/t20-,28?,31?,36?,37?,38?/m1/s1. The molecular formula is C40H47F4N7O7. The van der Waals surface area contributed by atoms with Gasteiger partial charge in [0.2, 0.25) is 5.91 Å². The van der Waals surface area contributed by atoms with Crippen LogP contribution in [0.2, 0.25) is 0 Å². The van der Waals surface area contributed by atoms with Crippen molar-refractivity contribution in [2.24, 2.45) is 5.41 Å². The molecule has 7 rings (SSSR count). The highest BCUT2D eigenvalue weighted by atomic mass is 19.4. The van der Waals surface area contributed by atoms with Gasteiger partial charge < -0.3 is 45.9 Å². The molecule has 4 aromatic rings. The molecule has 0 spiro atoms. The number of alkyl halides is 3. The SMILES string of the molecule is COc1cc2nc(C)nc(N[C@H](C)c3cccc(C(F)(F)F)c3F)c2cc1OCC1(CCNCC(=O)Nc2cccc3c2C(O)N(C2CCC(O)NC2O)C3O)CC1. The second-order valence-corrected chi connectivity index (χ2v) is 15.3. The van der Waals surface area contributed by atoms with Crippen molar-refractivity contribution < 1.29 is 52.3 Å². The minimum absolute atomic E-state index is 0.0252. The Labute approximate surface area is 331 Å². The minimum atomic E-state index is -4.85. The van der Waals surface area contributed by atoms with Crippen LogP contribution in [0.4, 0.5) is 29.1 Å². The van der Waals surface area contributed by atoms with Crippen molar-refractivity contribution >= 4 is 28.3 Å². The fourth-order valence-corrected chi connectivity index (χ4v) is 7.85. The quantitative estimate of drug-likeness (QED) is 0.0644. The van der Waals surface area contributed by atoms with Gasteiger partial charge in [-0.2, -0.15) is 13.2 Å². The topological polar surface area (TPSA) is 194 Å². The van der Waals surface area contributed by atoms with Crippen molar-refractivity contribution in [2.75, 3.05) is 37.4 Å². The largest absolute Gasteiger partial charge is 0.493 e. The van der Waals surface area contributed by atoms with Crippen LogP contribution >= 0.6 is 0 Å². The molecule has 1 amide bonds. The molecule has 5 unspecified atom stereocenters. The van der Waals surface area contributed by atoms with E-state index in [1.54, 1.807) is 44.2 Å². The molecule has 3 aromatic carbocycles. The molecule has 6 atom stereocenters. The van der Waals surface area contributed by atoms with E-state index in [0.717, 1.165) is 18.9 Å². The Morgan fingerprint density at radius 3 is 2.52 bits per heavy atom. The van der Waals surface area contributed by atoms with E-state index in [2.05, 4.69) is 31.2 Å². The summed E-state index contributed by atoms with van der Waals surface area (Å²) in [5.74, 6) is -0.234. The minimum Gasteiger partial charge on any atom is -0.493 e. The number of nitrogens with zero attached hydrogens (tertiary/aromatic N) is 3. The number of benzene rings is 3. The van der Waals surface area contributed by atoms with Crippen LogP contribution in [0.25, 0.3) is 10.9 Å². The molecule has 3 heterocycles.